The third-order valence-corrected chi connectivity index (χ3v) is 5.65. The fourth-order valence-electron chi connectivity index (χ4n) is 3.48. The second-order valence-corrected chi connectivity index (χ2v) is 8.09. The molecule has 0 aliphatic carbocycles. The Balaban J connectivity index is 1.58. The molecule has 3 aromatic rings. The van der Waals surface area contributed by atoms with Gasteiger partial charge in [0.1, 0.15) is 5.69 Å². The second kappa shape index (κ2) is 8.58. The Morgan fingerprint density at radius 2 is 1.77 bits per heavy atom. The lowest BCUT2D eigenvalue weighted by atomic mass is 10.1. The lowest BCUT2D eigenvalue weighted by Crippen LogP contribution is -2.31. The number of nitrogens with two attached hydrogens (primary N) is 2. The van der Waals surface area contributed by atoms with Crippen LogP contribution in [0.4, 0.5) is 11.4 Å². The summed E-state index contributed by atoms with van der Waals surface area (Å²) in [7, 11) is 0. The van der Waals surface area contributed by atoms with Gasteiger partial charge in [-0.1, -0.05) is 29.3 Å². The van der Waals surface area contributed by atoms with E-state index in [1.165, 1.54) is 4.68 Å². The highest BCUT2D eigenvalue weighted by Crippen LogP contribution is 2.30. The Labute approximate surface area is 188 Å². The van der Waals surface area contributed by atoms with Gasteiger partial charge in [-0.15, -0.1) is 0 Å². The van der Waals surface area contributed by atoms with Crippen molar-refractivity contribution < 1.29 is 9.59 Å². The van der Waals surface area contributed by atoms with E-state index in [4.69, 9.17) is 34.7 Å². The van der Waals surface area contributed by atoms with Crippen molar-refractivity contribution in [3.8, 4) is 5.69 Å². The average molecular weight is 459 g/mol. The van der Waals surface area contributed by atoms with Crippen LogP contribution in [0, 0.1) is 0 Å². The quantitative estimate of drug-likeness (QED) is 0.542. The molecule has 1 aliphatic rings. The molecule has 1 aromatic heterocycles. The van der Waals surface area contributed by atoms with E-state index >= 15 is 0 Å². The Bertz CT molecular complexity index is 1130. The highest BCUT2D eigenvalue weighted by molar-refractivity contribution is 6.37. The van der Waals surface area contributed by atoms with Gasteiger partial charge in [0.2, 0.25) is 0 Å². The summed E-state index contributed by atoms with van der Waals surface area (Å²) in [5.74, 6) is -0.764. The molecule has 4 rings (SSSR count). The van der Waals surface area contributed by atoms with Crippen molar-refractivity contribution in [2.24, 2.45) is 11.5 Å². The number of likely N-dealkylation sites (tertiary alicyclic amines) is 1. The molecule has 31 heavy (non-hydrogen) atoms. The largest absolute Gasteiger partial charge is 0.364 e. The third kappa shape index (κ3) is 4.36. The number of halogens is 2. The number of amides is 2. The summed E-state index contributed by atoms with van der Waals surface area (Å²) >= 11 is 12.5. The summed E-state index contributed by atoms with van der Waals surface area (Å²) in [6, 6.07) is 12.0. The molecule has 2 amide bonds. The zero-order valence-corrected chi connectivity index (χ0v) is 17.9. The molecule has 0 saturated carbocycles. The van der Waals surface area contributed by atoms with E-state index < -0.39 is 5.91 Å². The van der Waals surface area contributed by atoms with Crippen LogP contribution in [0.1, 0.15) is 27.3 Å². The van der Waals surface area contributed by atoms with E-state index in [1.54, 1.807) is 53.6 Å². The van der Waals surface area contributed by atoms with Crippen molar-refractivity contribution in [3.63, 3.8) is 0 Å². The number of anilines is 2. The molecule has 8 nitrogen and oxygen atoms in total. The molecule has 1 aliphatic heterocycles. The first-order chi connectivity index (χ1) is 14.8. The monoisotopic (exact) mass is 458 g/mol. The number of hydrogen-bond acceptors (Lipinski definition) is 5. The first-order valence-corrected chi connectivity index (χ1v) is 10.3. The Hall–Kier alpha value is -3.07. The predicted octanol–water partition coefficient (Wildman–Crippen LogP) is 3.19. The number of hydrogen-bond donors (Lipinski definition) is 3. The maximum Gasteiger partial charge on any atom is 0.271 e. The molecule has 2 aromatic carbocycles. The summed E-state index contributed by atoms with van der Waals surface area (Å²) in [5.41, 5.74) is 13.5. The number of primary amides is 1. The lowest BCUT2D eigenvalue weighted by molar-refractivity contribution is 0.0790. The van der Waals surface area contributed by atoms with Crippen LogP contribution in [0.15, 0.2) is 48.7 Å². The molecule has 2 heterocycles. The van der Waals surface area contributed by atoms with Gasteiger partial charge in [0, 0.05) is 30.4 Å². The topological polar surface area (TPSA) is 119 Å². The molecule has 1 fully saturated rings. The van der Waals surface area contributed by atoms with Gasteiger partial charge in [-0.3, -0.25) is 9.59 Å². The van der Waals surface area contributed by atoms with Crippen LogP contribution in [-0.4, -0.2) is 45.6 Å². The number of benzene rings is 2. The van der Waals surface area contributed by atoms with E-state index in [0.717, 1.165) is 6.42 Å². The fraction of sp³-hybridized carbons (Fsp3) is 0.190. The molecule has 160 valence electrons. The maximum atomic E-state index is 12.6. The van der Waals surface area contributed by atoms with E-state index in [1.807, 2.05) is 0 Å². The van der Waals surface area contributed by atoms with Gasteiger partial charge >= 0.3 is 0 Å². The zero-order valence-electron chi connectivity index (χ0n) is 16.4. The van der Waals surface area contributed by atoms with Crippen LogP contribution in [0.25, 0.3) is 5.69 Å². The van der Waals surface area contributed by atoms with Gasteiger partial charge in [-0.05, 0) is 42.8 Å². The summed E-state index contributed by atoms with van der Waals surface area (Å²) in [4.78, 5) is 26.2. The van der Waals surface area contributed by atoms with Crippen molar-refractivity contribution in [3.05, 3.63) is 70.0 Å². The molecule has 0 spiro atoms. The molecular weight excluding hydrogens is 439 g/mol. The summed E-state index contributed by atoms with van der Waals surface area (Å²) in [6.45, 7) is 1.22. The van der Waals surface area contributed by atoms with Crippen molar-refractivity contribution >= 4 is 46.4 Å². The summed E-state index contributed by atoms with van der Waals surface area (Å²) in [6.07, 6.45) is 2.39. The van der Waals surface area contributed by atoms with Crippen LogP contribution >= 0.6 is 23.2 Å². The van der Waals surface area contributed by atoms with Crippen molar-refractivity contribution in [1.29, 1.82) is 0 Å². The van der Waals surface area contributed by atoms with E-state index in [9.17, 15) is 9.59 Å². The van der Waals surface area contributed by atoms with Crippen LogP contribution in [0.5, 0.6) is 0 Å². The lowest BCUT2D eigenvalue weighted by Gasteiger charge is -2.16. The van der Waals surface area contributed by atoms with Crippen LogP contribution in [-0.2, 0) is 0 Å². The van der Waals surface area contributed by atoms with E-state index in [-0.39, 0.29) is 17.6 Å². The molecule has 10 heteroatoms. The highest BCUT2D eigenvalue weighted by atomic mass is 35.5. The van der Waals surface area contributed by atoms with Gasteiger partial charge < -0.3 is 21.7 Å². The van der Waals surface area contributed by atoms with Crippen LogP contribution in [0.2, 0.25) is 10.0 Å². The van der Waals surface area contributed by atoms with E-state index in [2.05, 4.69) is 10.4 Å². The number of carbonyl (C=O) groups excluding carboxylic acids is 2. The molecule has 1 atom stereocenters. The molecule has 0 bridgehead atoms. The number of rotatable bonds is 5. The minimum atomic E-state index is -0.707. The van der Waals surface area contributed by atoms with Crippen LogP contribution in [0.3, 0.4) is 0 Å². The van der Waals surface area contributed by atoms with Crippen molar-refractivity contribution in [1.82, 2.24) is 14.7 Å². The normalized spacial score (nSPS) is 15.8. The zero-order chi connectivity index (χ0) is 22.1. The molecule has 1 saturated heterocycles. The van der Waals surface area contributed by atoms with Gasteiger partial charge in [0.05, 0.1) is 21.9 Å². The molecule has 0 unspecified atom stereocenters. The Kier molecular flexibility index (Phi) is 5.86. The third-order valence-electron chi connectivity index (χ3n) is 5.04. The number of carbonyl (C=O) groups is 2. The van der Waals surface area contributed by atoms with E-state index in [0.29, 0.717) is 45.8 Å². The minimum Gasteiger partial charge on any atom is -0.364 e. The molecule has 5 N–H and O–H groups in total. The molecular formula is C21H20Cl2N6O2. The average Bonchev–Trinajstić information content (AvgIpc) is 3.34. The standard InChI is InChI=1S/C21H20Cl2N6O2/c22-15-2-1-3-16(23)19(15)29-11-17(18(27-29)20(25)30)26-14-6-4-12(5-7-14)21(31)28-9-8-13(24)10-28/h1-7,11,13,26H,8-10,24H2,(H2,25,30)/t13-/m0/s1. The number of nitrogens with one attached hydrogen (secondary N) is 1. The van der Waals surface area contributed by atoms with Crippen molar-refractivity contribution in [2.75, 3.05) is 18.4 Å². The summed E-state index contributed by atoms with van der Waals surface area (Å²) in [5, 5.41) is 8.11. The van der Waals surface area contributed by atoms with Crippen LogP contribution < -0.4 is 16.8 Å². The summed E-state index contributed by atoms with van der Waals surface area (Å²) < 4.78 is 1.40. The fourth-order valence-corrected chi connectivity index (χ4v) is 4.05. The number of nitrogens with zero attached hydrogens (tertiary/aromatic N) is 3. The van der Waals surface area contributed by atoms with Gasteiger partial charge in [-0.25, -0.2) is 4.68 Å². The maximum absolute atomic E-state index is 12.6. The molecule has 0 radical (unpaired) electrons. The first-order valence-electron chi connectivity index (χ1n) is 9.59. The number of para-hydroxylation sites is 1. The smallest absolute Gasteiger partial charge is 0.271 e. The van der Waals surface area contributed by atoms with Crippen molar-refractivity contribution in [2.45, 2.75) is 12.5 Å². The number of aromatic nitrogens is 2. The minimum absolute atomic E-state index is 0.0280. The second-order valence-electron chi connectivity index (χ2n) is 7.27. The van der Waals surface area contributed by atoms with Gasteiger partial charge in [0.25, 0.3) is 11.8 Å². The predicted molar refractivity (Wildman–Crippen MR) is 120 cm³/mol. The van der Waals surface area contributed by atoms with Gasteiger partial charge in [-0.2, -0.15) is 5.10 Å². The van der Waals surface area contributed by atoms with Gasteiger partial charge in [0.15, 0.2) is 5.69 Å². The highest BCUT2D eigenvalue weighted by Gasteiger charge is 2.24. The SMILES string of the molecule is NC(=O)c1nn(-c2c(Cl)cccc2Cl)cc1Nc1ccc(C(=O)N2CC[C@H](N)C2)cc1. The Morgan fingerprint density at radius 1 is 1.10 bits per heavy atom. The Morgan fingerprint density at radius 3 is 2.35 bits per heavy atom. The first kappa shape index (κ1) is 21.2.